The van der Waals surface area contributed by atoms with Gasteiger partial charge in [-0.2, -0.15) is 0 Å². The predicted octanol–water partition coefficient (Wildman–Crippen LogP) is 4.07. The molecule has 0 bridgehead atoms. The Bertz CT molecular complexity index is 649. The molecule has 5 heteroatoms. The number of nitrogens with one attached hydrogen (secondary N) is 1. The van der Waals surface area contributed by atoms with Gasteiger partial charge >= 0.3 is 6.03 Å². The maximum absolute atomic E-state index is 13.0. The van der Waals surface area contributed by atoms with E-state index >= 15 is 0 Å². The van der Waals surface area contributed by atoms with Gasteiger partial charge in [0.2, 0.25) is 0 Å². The molecule has 0 unspecified atom stereocenters. The van der Waals surface area contributed by atoms with Gasteiger partial charge in [0, 0.05) is 17.5 Å². The first-order chi connectivity index (χ1) is 10.6. The average Bonchev–Trinajstić information content (AvgIpc) is 3.27. The molecule has 1 aliphatic carbocycles. The second-order valence-corrected chi connectivity index (χ2v) is 6.67. The van der Waals surface area contributed by atoms with Crippen LogP contribution in [-0.4, -0.2) is 17.0 Å². The third-order valence-electron chi connectivity index (χ3n) is 3.88. The van der Waals surface area contributed by atoms with Crippen molar-refractivity contribution in [1.29, 1.82) is 0 Å². The average molecular weight is 318 g/mol. The van der Waals surface area contributed by atoms with Crippen LogP contribution in [0.25, 0.3) is 0 Å². The predicted molar refractivity (Wildman–Crippen MR) is 86.3 cm³/mol. The Labute approximate surface area is 133 Å². The first kappa shape index (κ1) is 15.0. The van der Waals surface area contributed by atoms with E-state index in [1.807, 2.05) is 10.3 Å². The number of nitrogens with zero attached hydrogens (tertiary/aromatic N) is 1. The lowest BCUT2D eigenvalue weighted by atomic mass is 10.2. The quantitative estimate of drug-likeness (QED) is 0.885. The summed E-state index contributed by atoms with van der Waals surface area (Å²) in [6.45, 7) is 3.14. The molecule has 1 N–H and O–H groups in total. The zero-order valence-corrected chi connectivity index (χ0v) is 13.3. The van der Waals surface area contributed by atoms with Gasteiger partial charge in [-0.25, -0.2) is 9.18 Å². The van der Waals surface area contributed by atoms with Crippen molar-refractivity contribution in [2.24, 2.45) is 0 Å². The summed E-state index contributed by atoms with van der Waals surface area (Å²) in [5.41, 5.74) is 2.16. The molecule has 2 amide bonds. The van der Waals surface area contributed by atoms with Crippen LogP contribution in [0.3, 0.4) is 0 Å². The van der Waals surface area contributed by atoms with E-state index in [1.54, 1.807) is 23.5 Å². The number of carbonyl (C=O) groups excluding carboxylic acids is 1. The number of carbonyl (C=O) groups is 1. The molecule has 0 atom stereocenters. The van der Waals surface area contributed by atoms with Gasteiger partial charge in [-0.1, -0.05) is 12.1 Å². The zero-order chi connectivity index (χ0) is 15.5. The standard InChI is InChI=1S/C17H19FN2OS/c1-12-8-9-22-16(12)10-19-17(21)20(15-6-7-15)11-13-2-4-14(18)5-3-13/h2-5,8-9,15H,6-7,10-11H2,1H3,(H,19,21). The first-order valence-electron chi connectivity index (χ1n) is 7.45. The van der Waals surface area contributed by atoms with Crippen molar-refractivity contribution in [3.05, 3.63) is 57.5 Å². The fourth-order valence-corrected chi connectivity index (χ4v) is 3.23. The number of benzene rings is 1. The second-order valence-electron chi connectivity index (χ2n) is 5.67. The van der Waals surface area contributed by atoms with Crippen LogP contribution in [0.5, 0.6) is 0 Å². The molecular formula is C17H19FN2OS. The van der Waals surface area contributed by atoms with Crippen molar-refractivity contribution in [2.75, 3.05) is 0 Å². The SMILES string of the molecule is Cc1ccsc1CNC(=O)N(Cc1ccc(F)cc1)C1CC1. The van der Waals surface area contributed by atoms with E-state index < -0.39 is 0 Å². The number of aryl methyl sites for hydroxylation is 1. The van der Waals surface area contributed by atoms with E-state index in [1.165, 1.54) is 22.6 Å². The fourth-order valence-electron chi connectivity index (χ4n) is 2.38. The number of thiophene rings is 1. The van der Waals surface area contributed by atoms with Crippen LogP contribution < -0.4 is 5.32 Å². The van der Waals surface area contributed by atoms with E-state index in [0.717, 1.165) is 18.4 Å². The van der Waals surface area contributed by atoms with Crippen LogP contribution in [0.15, 0.2) is 35.7 Å². The van der Waals surface area contributed by atoms with E-state index in [9.17, 15) is 9.18 Å². The van der Waals surface area contributed by atoms with Gasteiger partial charge in [-0.05, 0) is 54.5 Å². The molecule has 22 heavy (non-hydrogen) atoms. The molecule has 3 rings (SSSR count). The first-order valence-corrected chi connectivity index (χ1v) is 8.33. The van der Waals surface area contributed by atoms with E-state index in [0.29, 0.717) is 19.1 Å². The molecule has 0 radical (unpaired) electrons. The number of hydrogen-bond donors (Lipinski definition) is 1. The van der Waals surface area contributed by atoms with E-state index in [-0.39, 0.29) is 11.8 Å². The van der Waals surface area contributed by atoms with Crippen LogP contribution in [0.2, 0.25) is 0 Å². The molecule has 1 fully saturated rings. The lowest BCUT2D eigenvalue weighted by Gasteiger charge is -2.23. The summed E-state index contributed by atoms with van der Waals surface area (Å²) in [6, 6.07) is 8.68. The summed E-state index contributed by atoms with van der Waals surface area (Å²) >= 11 is 1.66. The Hall–Kier alpha value is -1.88. The van der Waals surface area contributed by atoms with Gasteiger partial charge in [0.25, 0.3) is 0 Å². The molecular weight excluding hydrogens is 299 g/mol. The second kappa shape index (κ2) is 6.48. The van der Waals surface area contributed by atoms with Crippen molar-refractivity contribution < 1.29 is 9.18 Å². The van der Waals surface area contributed by atoms with Gasteiger partial charge in [0.1, 0.15) is 5.82 Å². The fraction of sp³-hybridized carbons (Fsp3) is 0.353. The lowest BCUT2D eigenvalue weighted by Crippen LogP contribution is -2.40. The summed E-state index contributed by atoms with van der Waals surface area (Å²) < 4.78 is 13.0. The van der Waals surface area contributed by atoms with Crippen molar-refractivity contribution in [2.45, 2.75) is 38.9 Å². The molecule has 0 aliphatic heterocycles. The molecule has 2 aromatic rings. The highest BCUT2D eigenvalue weighted by Gasteiger charge is 2.32. The Morgan fingerprint density at radius 2 is 2.05 bits per heavy atom. The summed E-state index contributed by atoms with van der Waals surface area (Å²) in [7, 11) is 0. The van der Waals surface area contributed by atoms with Crippen molar-refractivity contribution in [3.63, 3.8) is 0 Å². The Morgan fingerprint density at radius 1 is 1.32 bits per heavy atom. The van der Waals surface area contributed by atoms with Crippen molar-refractivity contribution in [3.8, 4) is 0 Å². The van der Waals surface area contributed by atoms with Crippen molar-refractivity contribution >= 4 is 17.4 Å². The Kier molecular flexibility index (Phi) is 4.43. The number of urea groups is 1. The summed E-state index contributed by atoms with van der Waals surface area (Å²) in [4.78, 5) is 15.5. The highest BCUT2D eigenvalue weighted by Crippen LogP contribution is 2.28. The zero-order valence-electron chi connectivity index (χ0n) is 12.5. The maximum Gasteiger partial charge on any atom is 0.318 e. The molecule has 1 aliphatic rings. The molecule has 1 heterocycles. The minimum atomic E-state index is -0.251. The van der Waals surface area contributed by atoms with Crippen molar-refractivity contribution in [1.82, 2.24) is 10.2 Å². The monoisotopic (exact) mass is 318 g/mol. The summed E-state index contributed by atoms with van der Waals surface area (Å²) in [6.07, 6.45) is 2.10. The van der Waals surface area contributed by atoms with Crippen LogP contribution in [-0.2, 0) is 13.1 Å². The highest BCUT2D eigenvalue weighted by molar-refractivity contribution is 7.10. The third-order valence-corrected chi connectivity index (χ3v) is 4.91. The minimum Gasteiger partial charge on any atom is -0.333 e. The number of halogens is 1. The molecule has 0 saturated heterocycles. The maximum atomic E-state index is 13.0. The largest absolute Gasteiger partial charge is 0.333 e. The molecule has 116 valence electrons. The number of hydrogen-bond acceptors (Lipinski definition) is 2. The molecule has 1 aromatic carbocycles. The molecule has 1 aromatic heterocycles. The highest BCUT2D eigenvalue weighted by atomic mass is 32.1. The van der Waals surface area contributed by atoms with Crippen LogP contribution in [0, 0.1) is 12.7 Å². The number of amides is 2. The van der Waals surface area contributed by atoms with Crippen LogP contribution >= 0.6 is 11.3 Å². The summed E-state index contributed by atoms with van der Waals surface area (Å²) in [5, 5.41) is 5.04. The molecule has 0 spiro atoms. The minimum absolute atomic E-state index is 0.0420. The smallest absolute Gasteiger partial charge is 0.318 e. The van der Waals surface area contributed by atoms with Crippen LogP contribution in [0.4, 0.5) is 9.18 Å². The molecule has 1 saturated carbocycles. The van der Waals surface area contributed by atoms with Gasteiger partial charge in [-0.15, -0.1) is 11.3 Å². The summed E-state index contributed by atoms with van der Waals surface area (Å²) in [5.74, 6) is -0.251. The van der Waals surface area contributed by atoms with E-state index in [4.69, 9.17) is 0 Å². The normalized spacial score (nSPS) is 13.9. The van der Waals surface area contributed by atoms with Gasteiger partial charge in [-0.3, -0.25) is 0 Å². The van der Waals surface area contributed by atoms with E-state index in [2.05, 4.69) is 18.3 Å². The van der Waals surface area contributed by atoms with Crippen LogP contribution in [0.1, 0.15) is 28.8 Å². The van der Waals surface area contributed by atoms with Gasteiger partial charge in [0.15, 0.2) is 0 Å². The topological polar surface area (TPSA) is 32.3 Å². The number of rotatable bonds is 5. The van der Waals surface area contributed by atoms with Gasteiger partial charge < -0.3 is 10.2 Å². The Balaban J connectivity index is 1.62. The molecule has 3 nitrogen and oxygen atoms in total. The lowest BCUT2D eigenvalue weighted by molar-refractivity contribution is 0.191. The Morgan fingerprint density at radius 3 is 2.64 bits per heavy atom. The third kappa shape index (κ3) is 3.65. The van der Waals surface area contributed by atoms with Gasteiger partial charge in [0.05, 0.1) is 6.54 Å².